The second kappa shape index (κ2) is 10.1. The summed E-state index contributed by atoms with van der Waals surface area (Å²) in [5.41, 5.74) is 1.90. The molecule has 1 atom stereocenters. The fourth-order valence-corrected chi connectivity index (χ4v) is 3.34. The molecule has 0 saturated carbocycles. The molecule has 6 nitrogen and oxygen atoms in total. The number of furan rings is 1. The number of benzene rings is 3. The van der Waals surface area contributed by atoms with Crippen molar-refractivity contribution in [2.75, 3.05) is 23.8 Å². The molecule has 3 N–H and O–H groups in total. The summed E-state index contributed by atoms with van der Waals surface area (Å²) in [4.78, 5) is 12.5. The van der Waals surface area contributed by atoms with Gasteiger partial charge in [0, 0.05) is 34.4 Å². The number of nitrogens with one attached hydrogen (secondary N) is 2. The highest BCUT2D eigenvalue weighted by Crippen LogP contribution is 2.24. The minimum atomic E-state index is -0.829. The Bertz CT molecular complexity index is 1280. The first-order valence-corrected chi connectivity index (χ1v) is 10.7. The van der Waals surface area contributed by atoms with E-state index >= 15 is 0 Å². The van der Waals surface area contributed by atoms with Crippen LogP contribution in [0.25, 0.3) is 11.0 Å². The van der Waals surface area contributed by atoms with Gasteiger partial charge in [0.15, 0.2) is 5.76 Å². The molecule has 33 heavy (non-hydrogen) atoms. The average Bonchev–Trinajstić information content (AvgIpc) is 3.23. The zero-order valence-electron chi connectivity index (χ0n) is 17.1. The summed E-state index contributed by atoms with van der Waals surface area (Å²) < 4.78 is 24.4. The van der Waals surface area contributed by atoms with Gasteiger partial charge >= 0.3 is 0 Å². The maximum absolute atomic E-state index is 13.4. The molecule has 3 aromatic carbocycles. The van der Waals surface area contributed by atoms with Gasteiger partial charge in [-0.3, -0.25) is 4.79 Å². The maximum atomic E-state index is 13.4. The summed E-state index contributed by atoms with van der Waals surface area (Å²) in [7, 11) is 0. The van der Waals surface area contributed by atoms with Crippen molar-refractivity contribution in [1.82, 2.24) is 0 Å². The lowest BCUT2D eigenvalue weighted by atomic mass is 10.2. The SMILES string of the molecule is O=C(Nc1ccc(NC[C@@H](O)COc2ccc(Cl)c(F)c2)cc1)c1cc2cc(Cl)ccc2o1. The molecule has 0 fully saturated rings. The lowest BCUT2D eigenvalue weighted by Crippen LogP contribution is -2.26. The number of carbonyl (C=O) groups is 1. The van der Waals surface area contributed by atoms with E-state index in [0.29, 0.717) is 16.3 Å². The van der Waals surface area contributed by atoms with Gasteiger partial charge in [-0.15, -0.1) is 0 Å². The maximum Gasteiger partial charge on any atom is 0.291 e. The topological polar surface area (TPSA) is 83.7 Å². The van der Waals surface area contributed by atoms with Crippen LogP contribution in [0.1, 0.15) is 10.6 Å². The third kappa shape index (κ3) is 5.96. The zero-order valence-corrected chi connectivity index (χ0v) is 18.7. The van der Waals surface area contributed by atoms with Gasteiger partial charge in [-0.2, -0.15) is 0 Å². The van der Waals surface area contributed by atoms with E-state index in [4.69, 9.17) is 32.4 Å². The second-order valence-electron chi connectivity index (χ2n) is 7.25. The quantitative estimate of drug-likeness (QED) is 0.284. The van der Waals surface area contributed by atoms with Crippen LogP contribution in [0.5, 0.6) is 5.75 Å². The average molecular weight is 489 g/mol. The summed E-state index contributed by atoms with van der Waals surface area (Å²) in [5, 5.41) is 17.2. The Kier molecular flexibility index (Phi) is 7.03. The lowest BCUT2D eigenvalue weighted by Gasteiger charge is -2.14. The Labute approximate surface area is 198 Å². The molecule has 0 radical (unpaired) electrons. The largest absolute Gasteiger partial charge is 0.491 e. The van der Waals surface area contributed by atoms with Gasteiger partial charge in [-0.05, 0) is 60.7 Å². The predicted molar refractivity (Wildman–Crippen MR) is 127 cm³/mol. The first-order valence-electron chi connectivity index (χ1n) is 9.98. The van der Waals surface area contributed by atoms with Crippen LogP contribution in [-0.4, -0.2) is 30.3 Å². The molecule has 4 aromatic rings. The van der Waals surface area contributed by atoms with Crippen LogP contribution >= 0.6 is 23.2 Å². The number of fused-ring (bicyclic) bond motifs is 1. The lowest BCUT2D eigenvalue weighted by molar-refractivity contribution is 0.0998. The van der Waals surface area contributed by atoms with E-state index in [0.717, 1.165) is 17.1 Å². The van der Waals surface area contributed by atoms with Gasteiger partial charge in [0.05, 0.1) is 5.02 Å². The Balaban J connectivity index is 1.26. The highest BCUT2D eigenvalue weighted by atomic mass is 35.5. The number of ether oxygens (including phenoxy) is 1. The molecule has 0 aliphatic rings. The molecule has 170 valence electrons. The fraction of sp³-hybridized carbons (Fsp3) is 0.125. The molecular formula is C24H19Cl2FN2O4. The van der Waals surface area contributed by atoms with Crippen molar-refractivity contribution >= 4 is 51.5 Å². The van der Waals surface area contributed by atoms with Crippen LogP contribution in [0.4, 0.5) is 15.8 Å². The normalized spacial score (nSPS) is 11.9. The Morgan fingerprint density at radius 1 is 1.03 bits per heavy atom. The predicted octanol–water partition coefficient (Wildman–Crippen LogP) is 5.98. The van der Waals surface area contributed by atoms with Gasteiger partial charge in [-0.25, -0.2) is 4.39 Å². The van der Waals surface area contributed by atoms with Crippen molar-refractivity contribution in [2.24, 2.45) is 0 Å². The van der Waals surface area contributed by atoms with Crippen molar-refractivity contribution in [3.05, 3.63) is 88.4 Å². The van der Waals surface area contributed by atoms with Crippen molar-refractivity contribution in [3.63, 3.8) is 0 Å². The van der Waals surface area contributed by atoms with Crippen LogP contribution in [0.2, 0.25) is 10.0 Å². The van der Waals surface area contributed by atoms with Gasteiger partial charge < -0.3 is 24.9 Å². The van der Waals surface area contributed by atoms with Crippen LogP contribution < -0.4 is 15.4 Å². The van der Waals surface area contributed by atoms with Gasteiger partial charge in [0.2, 0.25) is 0 Å². The minimum Gasteiger partial charge on any atom is -0.491 e. The summed E-state index contributed by atoms with van der Waals surface area (Å²) in [6.07, 6.45) is -0.829. The molecule has 0 aliphatic carbocycles. The molecule has 0 spiro atoms. The van der Waals surface area contributed by atoms with Gasteiger partial charge in [0.25, 0.3) is 5.91 Å². The standard InChI is InChI=1S/C24H19Cl2FN2O4/c25-15-1-8-22-14(9-15)10-23(33-22)24(31)29-17-4-2-16(3-5-17)28-12-18(30)13-32-19-6-7-20(26)21(27)11-19/h1-11,18,28,30H,12-13H2,(H,29,31)/t18-/m1/s1. The molecule has 4 rings (SSSR count). The third-order valence-corrected chi connectivity index (χ3v) is 5.26. The minimum absolute atomic E-state index is 0.00621. The van der Waals surface area contributed by atoms with E-state index in [2.05, 4.69) is 10.6 Å². The molecule has 9 heteroatoms. The number of aliphatic hydroxyl groups excluding tert-OH is 1. The van der Waals surface area contributed by atoms with Crippen LogP contribution in [0.15, 0.2) is 71.1 Å². The fourth-order valence-electron chi connectivity index (χ4n) is 3.04. The van der Waals surface area contributed by atoms with Crippen molar-refractivity contribution in [3.8, 4) is 5.75 Å². The molecule has 1 amide bonds. The third-order valence-electron chi connectivity index (χ3n) is 4.72. The summed E-state index contributed by atoms with van der Waals surface area (Å²) in [6, 6.07) is 17.8. The van der Waals surface area contributed by atoms with Crippen LogP contribution in [0, 0.1) is 5.82 Å². The van der Waals surface area contributed by atoms with E-state index in [-0.39, 0.29) is 35.6 Å². The summed E-state index contributed by atoms with van der Waals surface area (Å²) in [6.45, 7) is 0.189. The molecule has 1 aromatic heterocycles. The highest BCUT2D eigenvalue weighted by molar-refractivity contribution is 6.31. The number of halogens is 3. The number of carbonyl (C=O) groups excluding carboxylic acids is 1. The van der Waals surface area contributed by atoms with Gasteiger partial charge in [0.1, 0.15) is 29.9 Å². The number of hydrogen-bond donors (Lipinski definition) is 3. The van der Waals surface area contributed by atoms with Crippen molar-refractivity contribution in [1.29, 1.82) is 0 Å². The summed E-state index contributed by atoms with van der Waals surface area (Å²) >= 11 is 11.6. The van der Waals surface area contributed by atoms with E-state index in [1.165, 1.54) is 12.1 Å². The number of rotatable bonds is 8. The smallest absolute Gasteiger partial charge is 0.291 e. The molecule has 0 unspecified atom stereocenters. The van der Waals surface area contributed by atoms with Gasteiger partial charge in [-0.1, -0.05) is 23.2 Å². The zero-order chi connectivity index (χ0) is 23.4. The monoisotopic (exact) mass is 488 g/mol. The Morgan fingerprint density at radius 3 is 2.55 bits per heavy atom. The highest BCUT2D eigenvalue weighted by Gasteiger charge is 2.13. The number of hydrogen-bond acceptors (Lipinski definition) is 5. The first kappa shape index (κ1) is 22.9. The van der Waals surface area contributed by atoms with E-state index in [1.54, 1.807) is 48.5 Å². The van der Waals surface area contributed by atoms with Crippen molar-refractivity contribution in [2.45, 2.75) is 6.10 Å². The van der Waals surface area contributed by atoms with Crippen molar-refractivity contribution < 1.29 is 23.4 Å². The van der Waals surface area contributed by atoms with E-state index in [1.807, 2.05) is 0 Å². The number of amides is 1. The first-order chi connectivity index (χ1) is 15.9. The molecule has 0 bridgehead atoms. The Morgan fingerprint density at radius 2 is 1.79 bits per heavy atom. The Hall–Kier alpha value is -3.26. The number of aliphatic hydroxyl groups is 1. The van der Waals surface area contributed by atoms with Crippen LogP contribution in [-0.2, 0) is 0 Å². The number of anilines is 2. The molecular weight excluding hydrogens is 470 g/mol. The second-order valence-corrected chi connectivity index (χ2v) is 8.09. The van der Waals surface area contributed by atoms with Crippen LogP contribution in [0.3, 0.4) is 0 Å². The van der Waals surface area contributed by atoms with E-state index < -0.39 is 11.9 Å². The molecule has 0 saturated heterocycles. The molecule has 1 heterocycles. The van der Waals surface area contributed by atoms with E-state index in [9.17, 15) is 14.3 Å². The molecule has 0 aliphatic heterocycles. The summed E-state index contributed by atoms with van der Waals surface area (Å²) in [5.74, 6) is -0.505.